The van der Waals surface area contributed by atoms with Crippen LogP contribution in [0.25, 0.3) is 5.70 Å². The summed E-state index contributed by atoms with van der Waals surface area (Å²) >= 11 is 0. The molecule has 3 heteroatoms. The second-order valence-corrected chi connectivity index (χ2v) is 6.08. The summed E-state index contributed by atoms with van der Waals surface area (Å²) in [7, 11) is 0. The molecule has 0 aliphatic carbocycles. The predicted octanol–water partition coefficient (Wildman–Crippen LogP) is 3.06. The topological polar surface area (TPSA) is 15.7 Å². The Hall–Kier alpha value is -1.48. The third kappa shape index (κ3) is 1.92. The smallest absolute Gasteiger partial charge is 0.0642 e. The first-order chi connectivity index (χ1) is 9.55. The fraction of sp³-hybridized carbons (Fsp3) is 0.529. The molecular formula is C17H24N2O. The molecule has 1 aromatic carbocycles. The van der Waals surface area contributed by atoms with E-state index in [9.17, 15) is 0 Å². The van der Waals surface area contributed by atoms with Crippen molar-refractivity contribution < 1.29 is 4.74 Å². The Labute approximate surface area is 121 Å². The molecule has 2 aliphatic rings. The molecular weight excluding hydrogens is 248 g/mol. The van der Waals surface area contributed by atoms with Crippen molar-refractivity contribution in [1.29, 1.82) is 0 Å². The van der Waals surface area contributed by atoms with Crippen molar-refractivity contribution in [1.82, 2.24) is 4.90 Å². The lowest BCUT2D eigenvalue weighted by Gasteiger charge is -2.51. The Balaban J connectivity index is 1.86. The van der Waals surface area contributed by atoms with E-state index in [0.29, 0.717) is 0 Å². The Morgan fingerprint density at radius 2 is 2.00 bits per heavy atom. The number of fused-ring (bicyclic) bond motifs is 1. The zero-order valence-electron chi connectivity index (χ0n) is 12.8. The van der Waals surface area contributed by atoms with Gasteiger partial charge >= 0.3 is 0 Å². The van der Waals surface area contributed by atoms with E-state index in [1.165, 1.54) is 16.8 Å². The lowest BCUT2D eigenvalue weighted by molar-refractivity contribution is 0.0641. The van der Waals surface area contributed by atoms with Crippen LogP contribution < -0.4 is 4.90 Å². The molecule has 108 valence electrons. The Kier molecular flexibility index (Phi) is 3.25. The van der Waals surface area contributed by atoms with Crippen LogP contribution in [0.15, 0.2) is 24.8 Å². The highest BCUT2D eigenvalue weighted by atomic mass is 16.5. The predicted molar refractivity (Wildman–Crippen MR) is 83.9 cm³/mol. The maximum Gasteiger partial charge on any atom is 0.0642 e. The highest BCUT2D eigenvalue weighted by Crippen LogP contribution is 2.48. The van der Waals surface area contributed by atoms with Gasteiger partial charge in [-0.05, 0) is 32.4 Å². The van der Waals surface area contributed by atoms with Gasteiger partial charge in [-0.1, -0.05) is 18.7 Å². The summed E-state index contributed by atoms with van der Waals surface area (Å²) in [6.07, 6.45) is 0. The molecule has 0 radical (unpaired) electrons. The van der Waals surface area contributed by atoms with E-state index in [4.69, 9.17) is 4.74 Å². The number of nitrogens with zero attached hydrogens (tertiary/aromatic N) is 2. The maximum atomic E-state index is 5.41. The van der Waals surface area contributed by atoms with Gasteiger partial charge in [0, 0.05) is 36.6 Å². The molecule has 0 aromatic heterocycles. The molecule has 0 spiro atoms. The lowest BCUT2D eigenvalue weighted by Crippen LogP contribution is -2.50. The van der Waals surface area contributed by atoms with Crippen LogP contribution in [-0.4, -0.2) is 37.7 Å². The van der Waals surface area contributed by atoms with Crippen molar-refractivity contribution in [2.45, 2.75) is 26.3 Å². The first-order valence-corrected chi connectivity index (χ1v) is 7.50. The number of benzene rings is 1. The van der Waals surface area contributed by atoms with Crippen LogP contribution in [-0.2, 0) is 10.3 Å². The van der Waals surface area contributed by atoms with Crippen LogP contribution in [0, 0.1) is 0 Å². The minimum Gasteiger partial charge on any atom is -0.378 e. The fourth-order valence-corrected chi connectivity index (χ4v) is 3.43. The van der Waals surface area contributed by atoms with Gasteiger partial charge in [0.15, 0.2) is 0 Å². The van der Waals surface area contributed by atoms with Gasteiger partial charge in [-0.2, -0.15) is 0 Å². The van der Waals surface area contributed by atoms with Crippen molar-refractivity contribution in [2.24, 2.45) is 0 Å². The molecule has 1 aromatic rings. The largest absolute Gasteiger partial charge is 0.378 e. The first kappa shape index (κ1) is 13.5. The van der Waals surface area contributed by atoms with Crippen molar-refractivity contribution >= 4 is 11.4 Å². The number of anilines is 1. The molecule has 0 atom stereocenters. The van der Waals surface area contributed by atoms with Crippen LogP contribution >= 0.6 is 0 Å². The summed E-state index contributed by atoms with van der Waals surface area (Å²) in [5.41, 5.74) is 5.34. The van der Waals surface area contributed by atoms with Gasteiger partial charge in [-0.25, -0.2) is 0 Å². The summed E-state index contributed by atoms with van der Waals surface area (Å²) in [6.45, 7) is 15.6. The van der Waals surface area contributed by atoms with Crippen molar-refractivity contribution in [3.8, 4) is 0 Å². The lowest BCUT2D eigenvalue weighted by atomic mass is 9.80. The molecule has 1 saturated heterocycles. The summed E-state index contributed by atoms with van der Waals surface area (Å²) < 4.78 is 5.41. The molecule has 3 rings (SSSR count). The van der Waals surface area contributed by atoms with E-state index >= 15 is 0 Å². The van der Waals surface area contributed by atoms with Crippen LogP contribution in [0.2, 0.25) is 0 Å². The standard InChI is InChI=1S/C17H24N2O/c1-5-19-16-12-14(6-7-15(16)17(19,3)4)13(2)18-8-10-20-11-9-18/h6-7,12H,2,5,8-11H2,1,3-4H3. The van der Waals surface area contributed by atoms with Crippen LogP contribution in [0.3, 0.4) is 0 Å². The Bertz CT molecular complexity index is 530. The number of rotatable bonds is 3. The fourth-order valence-electron chi connectivity index (χ4n) is 3.43. The third-order valence-electron chi connectivity index (χ3n) is 4.66. The normalized spacial score (nSPS) is 20.4. The molecule has 2 heterocycles. The van der Waals surface area contributed by atoms with Crippen LogP contribution in [0.1, 0.15) is 31.9 Å². The zero-order chi connectivity index (χ0) is 14.3. The molecule has 0 saturated carbocycles. The van der Waals surface area contributed by atoms with E-state index in [1.807, 2.05) is 0 Å². The maximum absolute atomic E-state index is 5.41. The Morgan fingerprint density at radius 1 is 1.30 bits per heavy atom. The quantitative estimate of drug-likeness (QED) is 0.841. The molecule has 3 nitrogen and oxygen atoms in total. The van der Waals surface area contributed by atoms with Crippen molar-refractivity contribution in [2.75, 3.05) is 37.7 Å². The van der Waals surface area contributed by atoms with Crippen molar-refractivity contribution in [3.63, 3.8) is 0 Å². The minimum atomic E-state index is 0.170. The Morgan fingerprint density at radius 3 is 2.65 bits per heavy atom. The zero-order valence-corrected chi connectivity index (χ0v) is 12.8. The molecule has 0 N–H and O–H groups in total. The van der Waals surface area contributed by atoms with Gasteiger partial charge in [-0.15, -0.1) is 0 Å². The number of morpholine rings is 1. The van der Waals surface area contributed by atoms with Crippen molar-refractivity contribution in [3.05, 3.63) is 35.9 Å². The molecule has 0 amide bonds. The van der Waals surface area contributed by atoms with Gasteiger partial charge in [-0.3, -0.25) is 0 Å². The highest BCUT2D eigenvalue weighted by molar-refractivity contribution is 5.75. The SMILES string of the molecule is C=C(c1ccc2c(c1)N(CC)C2(C)C)N1CCOCC1. The summed E-state index contributed by atoms with van der Waals surface area (Å²) in [5.74, 6) is 0. The highest BCUT2D eigenvalue weighted by Gasteiger charge is 2.40. The van der Waals surface area contributed by atoms with E-state index in [1.54, 1.807) is 0 Å². The average Bonchev–Trinajstić information content (AvgIpc) is 2.47. The number of hydrogen-bond acceptors (Lipinski definition) is 3. The van der Waals surface area contributed by atoms with E-state index < -0.39 is 0 Å². The van der Waals surface area contributed by atoms with Gasteiger partial charge < -0.3 is 14.5 Å². The number of hydrogen-bond donors (Lipinski definition) is 0. The summed E-state index contributed by atoms with van der Waals surface area (Å²) in [4.78, 5) is 4.78. The molecule has 1 fully saturated rings. The second kappa shape index (κ2) is 4.81. The van der Waals surface area contributed by atoms with Crippen LogP contribution in [0.5, 0.6) is 0 Å². The summed E-state index contributed by atoms with van der Waals surface area (Å²) in [5, 5.41) is 0. The molecule has 0 bridgehead atoms. The first-order valence-electron chi connectivity index (χ1n) is 7.50. The molecule has 20 heavy (non-hydrogen) atoms. The minimum absolute atomic E-state index is 0.170. The van der Waals surface area contributed by atoms with Gasteiger partial charge in [0.1, 0.15) is 0 Å². The third-order valence-corrected chi connectivity index (χ3v) is 4.66. The average molecular weight is 272 g/mol. The number of ether oxygens (including phenoxy) is 1. The van der Waals surface area contributed by atoms with Gasteiger partial charge in [0.05, 0.1) is 18.8 Å². The van der Waals surface area contributed by atoms with E-state index in [-0.39, 0.29) is 5.54 Å². The van der Waals surface area contributed by atoms with Gasteiger partial charge in [0.2, 0.25) is 0 Å². The van der Waals surface area contributed by atoms with Crippen LogP contribution in [0.4, 0.5) is 5.69 Å². The molecule has 0 unspecified atom stereocenters. The van der Waals surface area contributed by atoms with E-state index in [0.717, 1.165) is 38.5 Å². The summed E-state index contributed by atoms with van der Waals surface area (Å²) in [6, 6.07) is 6.77. The van der Waals surface area contributed by atoms with Gasteiger partial charge in [0.25, 0.3) is 0 Å². The molecule has 2 aliphatic heterocycles. The second-order valence-electron chi connectivity index (χ2n) is 6.08. The van der Waals surface area contributed by atoms with E-state index in [2.05, 4.69) is 55.3 Å². The monoisotopic (exact) mass is 272 g/mol.